The molecule has 1 aromatic carbocycles. The van der Waals surface area contributed by atoms with Crippen LogP contribution in [0.1, 0.15) is 64.9 Å². The van der Waals surface area contributed by atoms with E-state index in [2.05, 4.69) is 51.1 Å². The smallest absolute Gasteiger partial charge is 0.128 e. The summed E-state index contributed by atoms with van der Waals surface area (Å²) >= 11 is 0. The Hall–Kier alpha value is -1.24. The molecule has 0 atom stereocenters. The minimum absolute atomic E-state index is 0.0671. The maximum Gasteiger partial charge on any atom is 0.128 e. The van der Waals surface area contributed by atoms with Gasteiger partial charge in [0, 0.05) is 5.56 Å². The summed E-state index contributed by atoms with van der Waals surface area (Å²) in [5, 5.41) is 0. The normalized spacial score (nSPS) is 16.5. The molecule has 0 radical (unpaired) electrons. The van der Waals surface area contributed by atoms with E-state index in [-0.39, 0.29) is 5.60 Å². The quantitative estimate of drug-likeness (QED) is 0.645. The Morgan fingerprint density at radius 3 is 2.26 bits per heavy atom. The van der Waals surface area contributed by atoms with Crippen molar-refractivity contribution >= 4 is 5.57 Å². The number of rotatable bonds is 6. The maximum atomic E-state index is 6.40. The number of hydrogen-bond donors (Lipinski definition) is 0. The van der Waals surface area contributed by atoms with Crippen molar-refractivity contribution in [3.8, 4) is 5.75 Å². The standard InChI is InChI=1S/C18H26O/c1-4-9-15-14-18(12-5-2,13-6-3)19-17-11-8-7-10-16(15)17/h7-8,10-11,14H,4-6,9,12-13H2,1-3H3. The summed E-state index contributed by atoms with van der Waals surface area (Å²) in [4.78, 5) is 0. The van der Waals surface area contributed by atoms with Crippen molar-refractivity contribution < 1.29 is 4.74 Å². The minimum atomic E-state index is -0.0671. The molecular formula is C18H26O. The molecule has 1 aliphatic heterocycles. The largest absolute Gasteiger partial charge is 0.483 e. The molecule has 1 nitrogen and oxygen atoms in total. The van der Waals surface area contributed by atoms with Gasteiger partial charge in [0.15, 0.2) is 0 Å². The molecule has 0 saturated carbocycles. The highest BCUT2D eigenvalue weighted by molar-refractivity contribution is 5.73. The van der Waals surface area contributed by atoms with Crippen molar-refractivity contribution in [2.45, 2.75) is 64.9 Å². The van der Waals surface area contributed by atoms with E-state index in [1.54, 1.807) is 0 Å². The van der Waals surface area contributed by atoms with Crippen molar-refractivity contribution in [2.75, 3.05) is 0 Å². The molecule has 0 N–H and O–H groups in total. The maximum absolute atomic E-state index is 6.40. The van der Waals surface area contributed by atoms with Crippen LogP contribution in [0.4, 0.5) is 0 Å². The van der Waals surface area contributed by atoms with Crippen LogP contribution in [0, 0.1) is 0 Å². The Kier molecular flexibility index (Phi) is 4.68. The molecule has 0 spiro atoms. The average Bonchev–Trinajstić information content (AvgIpc) is 2.39. The van der Waals surface area contributed by atoms with Gasteiger partial charge in [-0.25, -0.2) is 0 Å². The lowest BCUT2D eigenvalue weighted by Crippen LogP contribution is -2.36. The Bertz CT molecular complexity index is 439. The monoisotopic (exact) mass is 258 g/mol. The van der Waals surface area contributed by atoms with Crippen molar-refractivity contribution in [1.29, 1.82) is 0 Å². The Balaban J connectivity index is 2.41. The summed E-state index contributed by atoms with van der Waals surface area (Å²) < 4.78 is 6.40. The van der Waals surface area contributed by atoms with Crippen molar-refractivity contribution in [3.63, 3.8) is 0 Å². The first-order valence-electron chi connectivity index (χ1n) is 7.74. The lowest BCUT2D eigenvalue weighted by atomic mass is 9.84. The number of fused-ring (bicyclic) bond motifs is 1. The highest BCUT2D eigenvalue weighted by atomic mass is 16.5. The molecule has 1 heterocycles. The SMILES string of the molecule is CCCC1=CC(CCC)(CCC)Oc2ccccc21. The number of para-hydroxylation sites is 1. The first kappa shape index (κ1) is 14.2. The van der Waals surface area contributed by atoms with Gasteiger partial charge in [-0.15, -0.1) is 0 Å². The molecule has 0 bridgehead atoms. The van der Waals surface area contributed by atoms with Gasteiger partial charge in [0.25, 0.3) is 0 Å². The summed E-state index contributed by atoms with van der Waals surface area (Å²) in [5.41, 5.74) is 2.71. The second-order valence-electron chi connectivity index (χ2n) is 5.58. The van der Waals surface area contributed by atoms with Gasteiger partial charge in [0.1, 0.15) is 11.4 Å². The number of ether oxygens (including phenoxy) is 1. The summed E-state index contributed by atoms with van der Waals surface area (Å²) in [5.74, 6) is 1.08. The lowest BCUT2D eigenvalue weighted by molar-refractivity contribution is 0.0946. The second-order valence-corrected chi connectivity index (χ2v) is 5.58. The summed E-state index contributed by atoms with van der Waals surface area (Å²) in [7, 11) is 0. The van der Waals surface area contributed by atoms with Crippen LogP contribution in [0.5, 0.6) is 5.75 Å². The van der Waals surface area contributed by atoms with Crippen molar-refractivity contribution in [2.24, 2.45) is 0 Å². The summed E-state index contributed by atoms with van der Waals surface area (Å²) in [6, 6.07) is 8.51. The zero-order valence-corrected chi connectivity index (χ0v) is 12.5. The third-order valence-electron chi connectivity index (χ3n) is 3.85. The van der Waals surface area contributed by atoms with Gasteiger partial charge in [-0.05, 0) is 37.0 Å². The molecular weight excluding hydrogens is 232 g/mol. The summed E-state index contributed by atoms with van der Waals surface area (Å²) in [6.07, 6.45) is 9.32. The molecule has 1 aliphatic rings. The average molecular weight is 258 g/mol. The fourth-order valence-corrected chi connectivity index (χ4v) is 3.16. The molecule has 0 aliphatic carbocycles. The van der Waals surface area contributed by atoms with E-state index >= 15 is 0 Å². The highest BCUT2D eigenvalue weighted by Gasteiger charge is 2.33. The molecule has 0 aromatic heterocycles. The van der Waals surface area contributed by atoms with E-state index in [4.69, 9.17) is 4.74 Å². The fourth-order valence-electron chi connectivity index (χ4n) is 3.16. The molecule has 2 rings (SSSR count). The Morgan fingerprint density at radius 2 is 1.63 bits per heavy atom. The van der Waals surface area contributed by atoms with E-state index < -0.39 is 0 Å². The third-order valence-corrected chi connectivity index (χ3v) is 3.85. The summed E-state index contributed by atoms with van der Waals surface area (Å²) in [6.45, 7) is 6.74. The van der Waals surface area contributed by atoms with Crippen LogP contribution in [0.15, 0.2) is 30.3 Å². The van der Waals surface area contributed by atoms with E-state index in [1.165, 1.54) is 17.6 Å². The topological polar surface area (TPSA) is 9.23 Å². The van der Waals surface area contributed by atoms with Crippen molar-refractivity contribution in [3.05, 3.63) is 35.9 Å². The van der Waals surface area contributed by atoms with Crippen LogP contribution in [-0.4, -0.2) is 5.60 Å². The third kappa shape index (κ3) is 3.02. The number of hydrogen-bond acceptors (Lipinski definition) is 1. The molecule has 1 aromatic rings. The molecule has 0 unspecified atom stereocenters. The minimum Gasteiger partial charge on any atom is -0.483 e. The molecule has 104 valence electrons. The Morgan fingerprint density at radius 1 is 0.947 bits per heavy atom. The molecule has 19 heavy (non-hydrogen) atoms. The van der Waals surface area contributed by atoms with Gasteiger partial charge < -0.3 is 4.74 Å². The zero-order valence-electron chi connectivity index (χ0n) is 12.5. The van der Waals surface area contributed by atoms with Crippen LogP contribution in [-0.2, 0) is 0 Å². The van der Waals surface area contributed by atoms with Crippen LogP contribution in [0.25, 0.3) is 5.57 Å². The zero-order chi connectivity index (χ0) is 13.7. The van der Waals surface area contributed by atoms with Gasteiger partial charge in [-0.2, -0.15) is 0 Å². The molecule has 1 heteroatoms. The van der Waals surface area contributed by atoms with Gasteiger partial charge >= 0.3 is 0 Å². The van der Waals surface area contributed by atoms with E-state index in [1.807, 2.05) is 0 Å². The van der Waals surface area contributed by atoms with Gasteiger partial charge in [0.05, 0.1) is 0 Å². The first-order valence-corrected chi connectivity index (χ1v) is 7.74. The lowest BCUT2D eigenvalue weighted by Gasteiger charge is -2.37. The highest BCUT2D eigenvalue weighted by Crippen LogP contribution is 2.41. The van der Waals surface area contributed by atoms with Crippen LogP contribution in [0.3, 0.4) is 0 Å². The number of allylic oxidation sites excluding steroid dienone is 1. The van der Waals surface area contributed by atoms with Crippen molar-refractivity contribution in [1.82, 2.24) is 0 Å². The van der Waals surface area contributed by atoms with Gasteiger partial charge in [-0.1, -0.05) is 58.2 Å². The van der Waals surface area contributed by atoms with E-state index in [0.717, 1.165) is 37.9 Å². The predicted octanol–water partition coefficient (Wildman–Crippen LogP) is 5.60. The Labute approximate surface area is 117 Å². The van der Waals surface area contributed by atoms with E-state index in [0.29, 0.717) is 0 Å². The van der Waals surface area contributed by atoms with E-state index in [9.17, 15) is 0 Å². The van der Waals surface area contributed by atoms with Crippen LogP contribution in [0.2, 0.25) is 0 Å². The first-order chi connectivity index (χ1) is 9.24. The van der Waals surface area contributed by atoms with Crippen LogP contribution >= 0.6 is 0 Å². The second kappa shape index (κ2) is 6.27. The molecule has 0 amide bonds. The van der Waals surface area contributed by atoms with Gasteiger partial charge in [0.2, 0.25) is 0 Å². The van der Waals surface area contributed by atoms with Crippen LogP contribution < -0.4 is 4.74 Å². The van der Waals surface area contributed by atoms with Gasteiger partial charge in [-0.3, -0.25) is 0 Å². The molecule has 0 saturated heterocycles. The number of benzene rings is 1. The molecule has 0 fully saturated rings. The predicted molar refractivity (Wildman–Crippen MR) is 82.5 cm³/mol. The fraction of sp³-hybridized carbons (Fsp3) is 0.556.